The Bertz CT molecular complexity index is 513. The number of carboxylic acid groups (broad SMARTS) is 1. The number of carbonyl (C=O) groups is 1. The van der Waals surface area contributed by atoms with E-state index in [1.165, 1.54) is 68.1 Å². The Labute approximate surface area is 147 Å². The third-order valence-electron chi connectivity index (χ3n) is 5.69. The average Bonchev–Trinajstić information content (AvgIpc) is 2.56. The van der Waals surface area contributed by atoms with Gasteiger partial charge in [-0.3, -0.25) is 4.79 Å². The molecule has 1 N–H and O–H groups in total. The van der Waals surface area contributed by atoms with Crippen LogP contribution in [0.1, 0.15) is 93.7 Å². The summed E-state index contributed by atoms with van der Waals surface area (Å²) in [7, 11) is 0. The van der Waals surface area contributed by atoms with E-state index in [1.54, 1.807) is 0 Å². The van der Waals surface area contributed by atoms with Gasteiger partial charge in [-0.2, -0.15) is 0 Å². The zero-order valence-electron chi connectivity index (χ0n) is 15.5. The fraction of sp³-hybridized carbons (Fsp3) is 0.682. The Hall–Kier alpha value is -1.31. The minimum atomic E-state index is -0.695. The Morgan fingerprint density at radius 2 is 1.88 bits per heavy atom. The molecule has 2 nitrogen and oxygen atoms in total. The van der Waals surface area contributed by atoms with E-state index in [2.05, 4.69) is 32.0 Å². The number of unbranched alkanes of at least 4 members (excludes halogenated alkanes) is 2. The summed E-state index contributed by atoms with van der Waals surface area (Å²) in [4.78, 5) is 10.6. The van der Waals surface area contributed by atoms with Crippen LogP contribution in [0, 0.1) is 12.8 Å². The lowest BCUT2D eigenvalue weighted by atomic mass is 9.76. The zero-order chi connectivity index (χ0) is 17.4. The second-order valence-electron chi connectivity index (χ2n) is 7.65. The largest absolute Gasteiger partial charge is 0.481 e. The van der Waals surface area contributed by atoms with E-state index in [0.29, 0.717) is 0 Å². The van der Waals surface area contributed by atoms with Crippen LogP contribution in [0.4, 0.5) is 0 Å². The highest BCUT2D eigenvalue weighted by atomic mass is 16.4. The molecule has 2 heteroatoms. The molecule has 0 heterocycles. The lowest BCUT2D eigenvalue weighted by Gasteiger charge is -2.30. The highest BCUT2D eigenvalue weighted by Gasteiger charge is 2.23. The third-order valence-corrected chi connectivity index (χ3v) is 5.69. The van der Waals surface area contributed by atoms with Crippen molar-refractivity contribution in [3.8, 4) is 0 Å². The van der Waals surface area contributed by atoms with Gasteiger partial charge in [0.05, 0.1) is 0 Å². The summed E-state index contributed by atoms with van der Waals surface area (Å²) in [5.74, 6) is 1.00. The van der Waals surface area contributed by atoms with Gasteiger partial charge in [-0.25, -0.2) is 0 Å². The van der Waals surface area contributed by atoms with Crippen molar-refractivity contribution >= 4 is 5.97 Å². The van der Waals surface area contributed by atoms with Crippen LogP contribution in [0.2, 0.25) is 0 Å². The summed E-state index contributed by atoms with van der Waals surface area (Å²) in [5.41, 5.74) is 4.21. The van der Waals surface area contributed by atoms with Gasteiger partial charge in [0.15, 0.2) is 0 Å². The van der Waals surface area contributed by atoms with Crippen LogP contribution in [-0.4, -0.2) is 11.1 Å². The van der Waals surface area contributed by atoms with E-state index in [4.69, 9.17) is 5.11 Å². The maximum atomic E-state index is 10.6. The molecule has 0 aliphatic heterocycles. The van der Waals surface area contributed by atoms with Crippen LogP contribution in [0.3, 0.4) is 0 Å². The van der Waals surface area contributed by atoms with Crippen molar-refractivity contribution in [2.45, 2.75) is 90.4 Å². The first kappa shape index (κ1) is 19.0. The van der Waals surface area contributed by atoms with Gasteiger partial charge in [-0.05, 0) is 74.0 Å². The average molecular weight is 331 g/mol. The van der Waals surface area contributed by atoms with Crippen LogP contribution in [0.25, 0.3) is 0 Å². The molecule has 0 unspecified atom stereocenters. The standard InChI is InChI=1S/C22H34O2/c1-3-4-5-7-18-10-13-20(14-11-18)21-15-12-19(16-17(21)2)8-6-9-22(23)24/h12,15-16,18,20H,3-11,13-14H2,1-2H3,(H,23,24). The van der Waals surface area contributed by atoms with Gasteiger partial charge in [-0.1, -0.05) is 50.8 Å². The number of aliphatic carboxylic acids is 1. The van der Waals surface area contributed by atoms with E-state index in [9.17, 15) is 4.79 Å². The number of aryl methyl sites for hydroxylation is 2. The number of rotatable bonds is 9. The van der Waals surface area contributed by atoms with E-state index in [0.717, 1.165) is 24.7 Å². The summed E-state index contributed by atoms with van der Waals surface area (Å²) in [6, 6.07) is 6.82. The van der Waals surface area contributed by atoms with Gasteiger partial charge in [-0.15, -0.1) is 0 Å². The molecule has 0 spiro atoms. The highest BCUT2D eigenvalue weighted by molar-refractivity contribution is 5.66. The van der Waals surface area contributed by atoms with Crippen LogP contribution >= 0.6 is 0 Å². The summed E-state index contributed by atoms with van der Waals surface area (Å²) < 4.78 is 0. The lowest BCUT2D eigenvalue weighted by molar-refractivity contribution is -0.137. The van der Waals surface area contributed by atoms with Crippen LogP contribution in [0.15, 0.2) is 18.2 Å². The van der Waals surface area contributed by atoms with Crippen molar-refractivity contribution in [3.63, 3.8) is 0 Å². The minimum Gasteiger partial charge on any atom is -0.481 e. The fourth-order valence-corrected chi connectivity index (χ4v) is 4.24. The second kappa shape index (κ2) is 9.86. The predicted octanol–water partition coefficient (Wildman–Crippen LogP) is 6.26. The highest BCUT2D eigenvalue weighted by Crippen LogP contribution is 2.39. The normalized spacial score (nSPS) is 20.9. The first-order chi connectivity index (χ1) is 11.6. The molecule has 24 heavy (non-hydrogen) atoms. The maximum Gasteiger partial charge on any atom is 0.303 e. The Morgan fingerprint density at radius 3 is 2.50 bits per heavy atom. The zero-order valence-corrected chi connectivity index (χ0v) is 15.5. The first-order valence-corrected chi connectivity index (χ1v) is 9.91. The van der Waals surface area contributed by atoms with Crippen LogP contribution in [-0.2, 0) is 11.2 Å². The molecule has 0 atom stereocenters. The molecular weight excluding hydrogens is 296 g/mol. The second-order valence-corrected chi connectivity index (χ2v) is 7.65. The number of benzene rings is 1. The van der Waals surface area contributed by atoms with Gasteiger partial charge >= 0.3 is 5.97 Å². The van der Waals surface area contributed by atoms with Crippen molar-refractivity contribution in [1.82, 2.24) is 0 Å². The van der Waals surface area contributed by atoms with Crippen molar-refractivity contribution in [1.29, 1.82) is 0 Å². The summed E-state index contributed by atoms with van der Waals surface area (Å²) in [5, 5.41) is 8.75. The van der Waals surface area contributed by atoms with Crippen LogP contribution in [0.5, 0.6) is 0 Å². The maximum absolute atomic E-state index is 10.6. The molecule has 1 aliphatic rings. The third kappa shape index (κ3) is 5.96. The monoisotopic (exact) mass is 330 g/mol. The Balaban J connectivity index is 1.83. The molecule has 134 valence electrons. The smallest absolute Gasteiger partial charge is 0.303 e. The number of hydrogen-bond acceptors (Lipinski definition) is 1. The molecule has 0 radical (unpaired) electrons. The Morgan fingerprint density at radius 1 is 1.12 bits per heavy atom. The molecule has 1 aromatic rings. The van der Waals surface area contributed by atoms with Crippen molar-refractivity contribution in [2.24, 2.45) is 5.92 Å². The minimum absolute atomic E-state index is 0.267. The quantitative estimate of drug-likeness (QED) is 0.543. The van der Waals surface area contributed by atoms with Gasteiger partial charge in [0.1, 0.15) is 0 Å². The fourth-order valence-electron chi connectivity index (χ4n) is 4.24. The first-order valence-electron chi connectivity index (χ1n) is 9.91. The van der Waals surface area contributed by atoms with E-state index < -0.39 is 5.97 Å². The van der Waals surface area contributed by atoms with E-state index in [1.807, 2.05) is 0 Å². The molecule has 0 aromatic heterocycles. The molecule has 0 amide bonds. The van der Waals surface area contributed by atoms with E-state index in [-0.39, 0.29) is 6.42 Å². The number of carboxylic acids is 1. The molecule has 2 rings (SSSR count). The molecule has 0 bridgehead atoms. The van der Waals surface area contributed by atoms with Crippen LogP contribution < -0.4 is 0 Å². The van der Waals surface area contributed by atoms with Gasteiger partial charge in [0, 0.05) is 6.42 Å². The van der Waals surface area contributed by atoms with Crippen molar-refractivity contribution in [3.05, 3.63) is 34.9 Å². The Kier molecular flexibility index (Phi) is 7.81. The molecule has 1 fully saturated rings. The SMILES string of the molecule is CCCCCC1CCC(c2ccc(CCCC(=O)O)cc2C)CC1. The molecular formula is C22H34O2. The molecule has 1 aromatic carbocycles. The summed E-state index contributed by atoms with van der Waals surface area (Å²) >= 11 is 0. The van der Waals surface area contributed by atoms with Gasteiger partial charge < -0.3 is 5.11 Å². The van der Waals surface area contributed by atoms with Crippen molar-refractivity contribution < 1.29 is 9.90 Å². The summed E-state index contributed by atoms with van der Waals surface area (Å²) in [6.45, 7) is 4.51. The topological polar surface area (TPSA) is 37.3 Å². The lowest BCUT2D eigenvalue weighted by Crippen LogP contribution is -2.14. The van der Waals surface area contributed by atoms with Crippen molar-refractivity contribution in [2.75, 3.05) is 0 Å². The van der Waals surface area contributed by atoms with Gasteiger partial charge in [0.25, 0.3) is 0 Å². The number of hydrogen-bond donors (Lipinski definition) is 1. The van der Waals surface area contributed by atoms with E-state index >= 15 is 0 Å². The molecule has 0 saturated heterocycles. The molecule has 1 aliphatic carbocycles. The van der Waals surface area contributed by atoms with Gasteiger partial charge in [0.2, 0.25) is 0 Å². The summed E-state index contributed by atoms with van der Waals surface area (Å²) in [6.07, 6.45) is 12.9. The predicted molar refractivity (Wildman–Crippen MR) is 101 cm³/mol. The molecule has 1 saturated carbocycles.